The summed E-state index contributed by atoms with van der Waals surface area (Å²) in [6.07, 6.45) is 0. The molecule has 1 amide bonds. The Morgan fingerprint density at radius 1 is 1.30 bits per heavy atom. The number of amides is 1. The smallest absolute Gasteiger partial charge is 0.259 e. The molecule has 2 N–H and O–H groups in total. The molecule has 104 valence electrons. The summed E-state index contributed by atoms with van der Waals surface area (Å²) in [5.41, 5.74) is 0.650. The molecule has 0 saturated carbocycles. The maximum atomic E-state index is 12.1. The van der Waals surface area contributed by atoms with E-state index in [1.165, 1.54) is 25.3 Å². The Labute approximate surface area is 129 Å². The van der Waals surface area contributed by atoms with Gasteiger partial charge in [0, 0.05) is 21.2 Å². The predicted octanol–water partition coefficient (Wildman–Crippen LogP) is 4.07. The maximum Gasteiger partial charge on any atom is 0.259 e. The van der Waals surface area contributed by atoms with Crippen LogP contribution < -0.4 is 10.1 Å². The molecule has 0 aliphatic carbocycles. The Kier molecular flexibility index (Phi) is 4.52. The van der Waals surface area contributed by atoms with Crippen LogP contribution in [0.1, 0.15) is 10.4 Å². The summed E-state index contributed by atoms with van der Waals surface area (Å²) in [5, 5.41) is 12.7. The van der Waals surface area contributed by atoms with E-state index in [0.29, 0.717) is 16.5 Å². The molecule has 20 heavy (non-hydrogen) atoms. The zero-order chi connectivity index (χ0) is 14.7. The van der Waals surface area contributed by atoms with Crippen molar-refractivity contribution in [2.24, 2.45) is 0 Å². The van der Waals surface area contributed by atoms with E-state index >= 15 is 0 Å². The van der Waals surface area contributed by atoms with Gasteiger partial charge in [-0.25, -0.2) is 0 Å². The number of nitrogens with one attached hydrogen (secondary N) is 1. The lowest BCUT2D eigenvalue weighted by Crippen LogP contribution is -2.12. The quantitative estimate of drug-likeness (QED) is 0.871. The molecule has 0 saturated heterocycles. The molecule has 0 aliphatic heterocycles. The number of halogens is 2. The van der Waals surface area contributed by atoms with Gasteiger partial charge in [-0.2, -0.15) is 0 Å². The second kappa shape index (κ2) is 6.15. The highest BCUT2D eigenvalue weighted by Gasteiger charge is 2.12. The fraction of sp³-hybridized carbons (Fsp3) is 0.0714. The van der Waals surface area contributed by atoms with Crippen LogP contribution in [0.4, 0.5) is 5.69 Å². The van der Waals surface area contributed by atoms with Gasteiger partial charge in [-0.05, 0) is 30.3 Å². The zero-order valence-corrected chi connectivity index (χ0v) is 12.8. The van der Waals surface area contributed by atoms with Crippen molar-refractivity contribution in [1.82, 2.24) is 0 Å². The standard InChI is InChI=1S/C14H11BrClNO3/c1-20-11-5-8(15)4-10(7-11)17-14(19)12-6-9(16)2-3-13(12)18/h2-7,18H,1H3,(H,17,19). The number of hydrogen-bond donors (Lipinski definition) is 2. The molecular weight excluding hydrogens is 346 g/mol. The van der Waals surface area contributed by atoms with E-state index in [-0.39, 0.29) is 11.3 Å². The summed E-state index contributed by atoms with van der Waals surface area (Å²) in [5.74, 6) is 0.0176. The van der Waals surface area contributed by atoms with Gasteiger partial charge in [0.1, 0.15) is 11.5 Å². The van der Waals surface area contributed by atoms with Gasteiger partial charge in [0.15, 0.2) is 0 Å². The van der Waals surface area contributed by atoms with Gasteiger partial charge in [0.05, 0.1) is 12.7 Å². The van der Waals surface area contributed by atoms with Crippen LogP contribution >= 0.6 is 27.5 Å². The SMILES string of the molecule is COc1cc(Br)cc(NC(=O)c2cc(Cl)ccc2O)c1. The van der Waals surface area contributed by atoms with Crippen LogP contribution in [0.3, 0.4) is 0 Å². The minimum atomic E-state index is -0.454. The van der Waals surface area contributed by atoms with E-state index in [4.69, 9.17) is 16.3 Å². The van der Waals surface area contributed by atoms with Gasteiger partial charge in [0.2, 0.25) is 0 Å². The van der Waals surface area contributed by atoms with Gasteiger partial charge in [-0.15, -0.1) is 0 Å². The van der Waals surface area contributed by atoms with Crippen molar-refractivity contribution >= 4 is 39.1 Å². The molecule has 0 aliphatic rings. The van der Waals surface area contributed by atoms with Crippen LogP contribution in [-0.4, -0.2) is 18.1 Å². The highest BCUT2D eigenvalue weighted by atomic mass is 79.9. The number of ether oxygens (including phenoxy) is 1. The molecular formula is C14H11BrClNO3. The van der Waals surface area contributed by atoms with Crippen molar-refractivity contribution in [3.05, 3.63) is 51.5 Å². The van der Waals surface area contributed by atoms with Gasteiger partial charge in [-0.1, -0.05) is 27.5 Å². The lowest BCUT2D eigenvalue weighted by atomic mass is 10.2. The van der Waals surface area contributed by atoms with Crippen molar-refractivity contribution in [2.75, 3.05) is 12.4 Å². The van der Waals surface area contributed by atoms with E-state index < -0.39 is 5.91 Å². The highest BCUT2D eigenvalue weighted by Crippen LogP contribution is 2.26. The molecule has 2 aromatic carbocycles. The number of rotatable bonds is 3. The van der Waals surface area contributed by atoms with Gasteiger partial charge in [-0.3, -0.25) is 4.79 Å². The molecule has 2 aromatic rings. The van der Waals surface area contributed by atoms with E-state index in [1.807, 2.05) is 0 Å². The van der Waals surface area contributed by atoms with Crippen LogP contribution in [0.5, 0.6) is 11.5 Å². The molecule has 2 rings (SSSR count). The Morgan fingerprint density at radius 2 is 2.05 bits per heavy atom. The molecule has 0 radical (unpaired) electrons. The number of phenolic OH excluding ortho intramolecular Hbond substituents is 1. The number of carbonyl (C=O) groups is 1. The first-order chi connectivity index (χ1) is 9.49. The Bertz CT molecular complexity index is 661. The lowest BCUT2D eigenvalue weighted by Gasteiger charge is -2.09. The summed E-state index contributed by atoms with van der Waals surface area (Å²) in [6, 6.07) is 9.45. The molecule has 0 aromatic heterocycles. The normalized spacial score (nSPS) is 10.2. The van der Waals surface area contributed by atoms with Crippen LogP contribution in [0, 0.1) is 0 Å². The largest absolute Gasteiger partial charge is 0.507 e. The monoisotopic (exact) mass is 355 g/mol. The van der Waals surface area contributed by atoms with E-state index in [1.54, 1.807) is 18.2 Å². The molecule has 0 spiro atoms. The second-order valence-electron chi connectivity index (χ2n) is 4.00. The van der Waals surface area contributed by atoms with Crippen LogP contribution in [0.25, 0.3) is 0 Å². The summed E-state index contributed by atoms with van der Waals surface area (Å²) in [7, 11) is 1.54. The number of anilines is 1. The van der Waals surface area contributed by atoms with Crippen molar-refractivity contribution in [2.45, 2.75) is 0 Å². The van der Waals surface area contributed by atoms with Gasteiger partial charge in [0.25, 0.3) is 5.91 Å². The minimum Gasteiger partial charge on any atom is -0.507 e. The molecule has 0 heterocycles. The second-order valence-corrected chi connectivity index (χ2v) is 5.35. The predicted molar refractivity (Wildman–Crippen MR) is 81.8 cm³/mol. The first-order valence-corrected chi connectivity index (χ1v) is 6.81. The van der Waals surface area contributed by atoms with Crippen molar-refractivity contribution < 1.29 is 14.6 Å². The zero-order valence-electron chi connectivity index (χ0n) is 10.5. The number of aromatic hydroxyl groups is 1. The number of carbonyl (C=O) groups excluding carboxylic acids is 1. The summed E-state index contributed by atoms with van der Waals surface area (Å²) >= 11 is 9.14. The van der Waals surface area contributed by atoms with E-state index in [2.05, 4.69) is 21.2 Å². The Hall–Kier alpha value is -1.72. The van der Waals surface area contributed by atoms with Crippen molar-refractivity contribution in [3.8, 4) is 11.5 Å². The van der Waals surface area contributed by atoms with Crippen molar-refractivity contribution in [3.63, 3.8) is 0 Å². The molecule has 0 bridgehead atoms. The first-order valence-electron chi connectivity index (χ1n) is 5.64. The van der Waals surface area contributed by atoms with Crippen LogP contribution in [0.2, 0.25) is 5.02 Å². The average molecular weight is 357 g/mol. The molecule has 6 heteroatoms. The third-order valence-corrected chi connectivity index (χ3v) is 3.26. The van der Waals surface area contributed by atoms with Gasteiger partial charge < -0.3 is 15.2 Å². The topological polar surface area (TPSA) is 58.6 Å². The first kappa shape index (κ1) is 14.7. The van der Waals surface area contributed by atoms with Crippen LogP contribution in [-0.2, 0) is 0 Å². The van der Waals surface area contributed by atoms with E-state index in [9.17, 15) is 9.90 Å². The third-order valence-electron chi connectivity index (χ3n) is 2.57. The minimum absolute atomic E-state index is 0.108. The third kappa shape index (κ3) is 3.43. The number of hydrogen-bond acceptors (Lipinski definition) is 3. The van der Waals surface area contributed by atoms with Crippen molar-refractivity contribution in [1.29, 1.82) is 0 Å². The Balaban J connectivity index is 2.27. The molecule has 0 fully saturated rings. The van der Waals surface area contributed by atoms with Crippen LogP contribution in [0.15, 0.2) is 40.9 Å². The average Bonchev–Trinajstić information content (AvgIpc) is 2.40. The molecule has 4 nitrogen and oxygen atoms in total. The highest BCUT2D eigenvalue weighted by molar-refractivity contribution is 9.10. The molecule has 0 atom stereocenters. The summed E-state index contributed by atoms with van der Waals surface area (Å²) in [4.78, 5) is 12.1. The van der Waals surface area contributed by atoms with E-state index in [0.717, 1.165) is 4.47 Å². The number of phenols is 1. The van der Waals surface area contributed by atoms with Gasteiger partial charge >= 0.3 is 0 Å². The fourth-order valence-electron chi connectivity index (χ4n) is 1.64. The Morgan fingerprint density at radius 3 is 2.75 bits per heavy atom. The molecule has 0 unspecified atom stereocenters. The fourth-order valence-corrected chi connectivity index (χ4v) is 2.29. The number of benzene rings is 2. The number of methoxy groups -OCH3 is 1. The summed E-state index contributed by atoms with van der Waals surface area (Å²) in [6.45, 7) is 0. The summed E-state index contributed by atoms with van der Waals surface area (Å²) < 4.78 is 5.88. The lowest BCUT2D eigenvalue weighted by molar-refractivity contribution is 0.102. The maximum absolute atomic E-state index is 12.1.